The first-order chi connectivity index (χ1) is 14.5. The van der Waals surface area contributed by atoms with Crippen LogP contribution in [-0.2, 0) is 0 Å². The van der Waals surface area contributed by atoms with Gasteiger partial charge in [0.1, 0.15) is 5.75 Å². The van der Waals surface area contributed by atoms with E-state index in [1.165, 1.54) is 0 Å². The Balaban J connectivity index is 1.70. The van der Waals surface area contributed by atoms with Crippen molar-refractivity contribution in [1.82, 2.24) is 14.9 Å². The maximum Gasteiger partial charge on any atom is 0.124 e. The molecule has 0 radical (unpaired) electrons. The first-order valence-electron chi connectivity index (χ1n) is 9.61. The van der Waals surface area contributed by atoms with Gasteiger partial charge < -0.3 is 5.11 Å². The molecule has 4 aromatic rings. The van der Waals surface area contributed by atoms with Gasteiger partial charge >= 0.3 is 0 Å². The Hall–Kier alpha value is -3.87. The number of aryl methyl sites for hydroxylation is 4. The van der Waals surface area contributed by atoms with Crippen molar-refractivity contribution in [2.24, 2.45) is 15.3 Å². The molecule has 0 fully saturated rings. The Morgan fingerprint density at radius 2 is 1.40 bits per heavy atom. The van der Waals surface area contributed by atoms with Crippen LogP contribution < -0.4 is 0 Å². The van der Waals surface area contributed by atoms with E-state index in [0.29, 0.717) is 11.3 Å². The van der Waals surface area contributed by atoms with Crippen molar-refractivity contribution in [3.63, 3.8) is 0 Å². The third-order valence-corrected chi connectivity index (χ3v) is 5.04. The quantitative estimate of drug-likeness (QED) is 0.355. The van der Waals surface area contributed by atoms with E-state index in [1.54, 1.807) is 24.4 Å². The summed E-state index contributed by atoms with van der Waals surface area (Å²) in [5.74, 6) is 0.125. The average Bonchev–Trinajstić information content (AvgIpc) is 3.01. The number of azo groups is 1. The molecule has 0 aliphatic heterocycles. The van der Waals surface area contributed by atoms with Crippen molar-refractivity contribution in [1.29, 1.82) is 0 Å². The molecular weight excluding hydrogens is 376 g/mol. The minimum atomic E-state index is 0.125. The lowest BCUT2D eigenvalue weighted by Gasteiger charge is -2.03. The fourth-order valence-electron chi connectivity index (χ4n) is 3.57. The van der Waals surface area contributed by atoms with E-state index in [9.17, 15) is 5.11 Å². The number of phenolic OH excluding ortho intramolecular Hbond substituents is 1. The minimum Gasteiger partial charge on any atom is -0.507 e. The molecule has 7 nitrogen and oxygen atoms in total. The molecule has 0 saturated carbocycles. The zero-order chi connectivity index (χ0) is 21.3. The largest absolute Gasteiger partial charge is 0.507 e. The number of hydrogen-bond acceptors (Lipinski definition) is 6. The molecule has 2 aromatic carbocycles. The number of benzene rings is 2. The van der Waals surface area contributed by atoms with Gasteiger partial charge in [0.25, 0.3) is 0 Å². The Kier molecular flexibility index (Phi) is 5.10. The van der Waals surface area contributed by atoms with Crippen molar-refractivity contribution < 1.29 is 5.11 Å². The number of aromatic nitrogens is 3. The van der Waals surface area contributed by atoms with E-state index in [0.717, 1.165) is 39.2 Å². The summed E-state index contributed by atoms with van der Waals surface area (Å²) in [5, 5.41) is 34.0. The third kappa shape index (κ3) is 3.57. The van der Waals surface area contributed by atoms with Crippen molar-refractivity contribution in [3.8, 4) is 5.75 Å². The predicted octanol–water partition coefficient (Wildman–Crippen LogP) is 5.67. The molecule has 0 amide bonds. The van der Waals surface area contributed by atoms with Gasteiger partial charge in [-0.15, -0.1) is 0 Å². The lowest BCUT2D eigenvalue weighted by Crippen LogP contribution is -1.96. The van der Waals surface area contributed by atoms with Crippen LogP contribution in [0.4, 0.5) is 11.4 Å². The first kappa shape index (κ1) is 19.4. The summed E-state index contributed by atoms with van der Waals surface area (Å²) in [4.78, 5) is 0. The molecule has 0 saturated heterocycles. The van der Waals surface area contributed by atoms with Crippen LogP contribution in [0.5, 0.6) is 5.75 Å². The summed E-state index contributed by atoms with van der Waals surface area (Å²) < 4.78 is 1.85. The molecule has 0 bridgehead atoms. The van der Waals surface area contributed by atoms with Crippen molar-refractivity contribution in [3.05, 3.63) is 76.9 Å². The average molecular weight is 398 g/mol. The van der Waals surface area contributed by atoms with Crippen LogP contribution in [0, 0.1) is 27.7 Å². The molecular formula is C23H22N6O. The van der Waals surface area contributed by atoms with E-state index in [4.69, 9.17) is 0 Å². The molecule has 0 unspecified atom stereocenters. The molecule has 0 spiro atoms. The third-order valence-electron chi connectivity index (χ3n) is 5.04. The summed E-state index contributed by atoms with van der Waals surface area (Å²) in [6.07, 6.45) is 1.63. The van der Waals surface area contributed by atoms with E-state index >= 15 is 0 Å². The molecule has 7 heteroatoms. The normalized spacial score (nSPS) is 11.9. The highest BCUT2D eigenvalue weighted by Gasteiger charge is 2.16. The van der Waals surface area contributed by atoms with E-state index < -0.39 is 0 Å². The lowest BCUT2D eigenvalue weighted by atomic mass is 10.1. The Bertz CT molecular complexity index is 1240. The van der Waals surface area contributed by atoms with Crippen molar-refractivity contribution in [2.75, 3.05) is 0 Å². The number of fused-ring (bicyclic) bond motifs is 1. The van der Waals surface area contributed by atoms with Crippen LogP contribution in [0.25, 0.3) is 10.8 Å². The molecule has 0 atom stereocenters. The van der Waals surface area contributed by atoms with Crippen LogP contribution >= 0.6 is 0 Å². The van der Waals surface area contributed by atoms with Crippen LogP contribution in [-0.4, -0.2) is 26.2 Å². The topological polar surface area (TPSA) is 88.0 Å². The summed E-state index contributed by atoms with van der Waals surface area (Å²) in [6, 6.07) is 14.5. The van der Waals surface area contributed by atoms with Crippen LogP contribution in [0.3, 0.4) is 0 Å². The molecule has 30 heavy (non-hydrogen) atoms. The molecule has 0 aliphatic carbocycles. The predicted molar refractivity (Wildman–Crippen MR) is 118 cm³/mol. The van der Waals surface area contributed by atoms with E-state index in [-0.39, 0.29) is 5.75 Å². The summed E-state index contributed by atoms with van der Waals surface area (Å²) in [6.45, 7) is 7.90. The van der Waals surface area contributed by atoms with Gasteiger partial charge in [-0.05, 0) is 58.0 Å². The standard InChI is InChI=1S/C23H22N6O/c1-14-22-16(3)29(17(4)23(22)15(2)26-25-14)24-13-18-12-20(10-11-21(18)30)28-27-19-8-6-5-7-9-19/h5-13,30H,1-4H3. The van der Waals surface area contributed by atoms with Crippen molar-refractivity contribution in [2.45, 2.75) is 27.7 Å². The van der Waals surface area contributed by atoms with Gasteiger partial charge in [0.15, 0.2) is 0 Å². The molecule has 0 aliphatic rings. The highest BCUT2D eigenvalue weighted by molar-refractivity contribution is 5.92. The van der Waals surface area contributed by atoms with Gasteiger partial charge in [-0.25, -0.2) is 4.68 Å². The monoisotopic (exact) mass is 398 g/mol. The fraction of sp³-hybridized carbons (Fsp3) is 0.174. The molecule has 1 N–H and O–H groups in total. The first-order valence-corrected chi connectivity index (χ1v) is 9.61. The summed E-state index contributed by atoms with van der Waals surface area (Å²) >= 11 is 0. The number of hydrogen-bond donors (Lipinski definition) is 1. The Morgan fingerprint density at radius 3 is 2.03 bits per heavy atom. The Morgan fingerprint density at radius 1 is 0.800 bits per heavy atom. The van der Waals surface area contributed by atoms with Crippen molar-refractivity contribution >= 4 is 28.4 Å². The van der Waals surface area contributed by atoms with Crippen LogP contribution in [0.2, 0.25) is 0 Å². The summed E-state index contributed by atoms with van der Waals surface area (Å²) in [5.41, 5.74) is 5.65. The summed E-state index contributed by atoms with van der Waals surface area (Å²) in [7, 11) is 0. The second kappa shape index (κ2) is 7.87. The van der Waals surface area contributed by atoms with Gasteiger partial charge in [-0.2, -0.15) is 25.5 Å². The van der Waals surface area contributed by atoms with Gasteiger partial charge in [-0.1, -0.05) is 18.2 Å². The zero-order valence-corrected chi connectivity index (χ0v) is 17.3. The molecule has 4 rings (SSSR count). The highest BCUT2D eigenvalue weighted by Crippen LogP contribution is 2.29. The number of aromatic hydroxyl groups is 1. The highest BCUT2D eigenvalue weighted by atomic mass is 16.3. The van der Waals surface area contributed by atoms with Gasteiger partial charge in [0.2, 0.25) is 0 Å². The maximum atomic E-state index is 10.3. The Labute approximate surface area is 174 Å². The number of phenols is 1. The number of rotatable bonds is 4. The maximum absolute atomic E-state index is 10.3. The molecule has 2 heterocycles. The van der Waals surface area contributed by atoms with E-state index in [1.807, 2.05) is 62.7 Å². The minimum absolute atomic E-state index is 0.125. The number of nitrogens with zero attached hydrogens (tertiary/aromatic N) is 6. The second-order valence-electron chi connectivity index (χ2n) is 7.13. The SMILES string of the molecule is Cc1nnc(C)c2c(C)n(N=Cc3cc(N=Nc4ccccc4)ccc3O)c(C)c12. The second-order valence-corrected chi connectivity index (χ2v) is 7.13. The lowest BCUT2D eigenvalue weighted by molar-refractivity contribution is 0.474. The van der Waals surface area contributed by atoms with Crippen LogP contribution in [0.15, 0.2) is 63.9 Å². The van der Waals surface area contributed by atoms with Gasteiger partial charge in [0, 0.05) is 27.7 Å². The zero-order valence-electron chi connectivity index (χ0n) is 17.3. The van der Waals surface area contributed by atoms with E-state index in [2.05, 4.69) is 25.5 Å². The van der Waals surface area contributed by atoms with Gasteiger partial charge in [-0.3, -0.25) is 0 Å². The molecule has 150 valence electrons. The van der Waals surface area contributed by atoms with Crippen LogP contribution in [0.1, 0.15) is 28.3 Å². The molecule has 2 aromatic heterocycles. The van der Waals surface area contributed by atoms with Gasteiger partial charge in [0.05, 0.1) is 29.0 Å². The smallest absolute Gasteiger partial charge is 0.124 e. The fourth-order valence-corrected chi connectivity index (χ4v) is 3.57.